The number of hydrogen-bond acceptors (Lipinski definition) is 0. The van der Waals surface area contributed by atoms with Crippen LogP contribution in [0.1, 0.15) is 39.5 Å². The van der Waals surface area contributed by atoms with E-state index in [9.17, 15) is 0 Å². The van der Waals surface area contributed by atoms with Crippen molar-refractivity contribution in [2.75, 3.05) is 0 Å². The third-order valence-corrected chi connectivity index (χ3v) is 2.11. The first-order valence-corrected chi connectivity index (χ1v) is 4.70. The number of hydrogen-bond donors (Lipinski definition) is 0. The van der Waals surface area contributed by atoms with Crippen LogP contribution in [0.4, 0.5) is 4.70 Å². The van der Waals surface area contributed by atoms with E-state index in [1.54, 1.807) is 0 Å². The first-order chi connectivity index (χ1) is 5.76. The standard InChI is InChI=1S/C12H20.FH/c1-5-8-9-10-12(7-3)11(4)6-2;/h6-7H,2-3,5,8-10H2,1,4H3;1H/b12-11+;. The van der Waals surface area contributed by atoms with E-state index in [-0.39, 0.29) is 4.70 Å². The quantitative estimate of drug-likeness (QED) is 0.424. The molecule has 13 heavy (non-hydrogen) atoms. The Kier molecular flexibility index (Phi) is 10.4. The summed E-state index contributed by atoms with van der Waals surface area (Å²) in [5.74, 6) is 0. The van der Waals surface area contributed by atoms with Gasteiger partial charge in [-0.05, 0) is 30.9 Å². The van der Waals surface area contributed by atoms with E-state index in [1.807, 2.05) is 12.2 Å². The van der Waals surface area contributed by atoms with Gasteiger partial charge in [0.25, 0.3) is 0 Å². The average molecular weight is 184 g/mol. The maximum atomic E-state index is 3.80. The molecule has 0 rings (SSSR count). The van der Waals surface area contributed by atoms with Crippen LogP contribution >= 0.6 is 0 Å². The van der Waals surface area contributed by atoms with Crippen LogP contribution in [0.2, 0.25) is 0 Å². The molecular formula is C12H21F. The molecule has 0 atom stereocenters. The lowest BCUT2D eigenvalue weighted by Gasteiger charge is -2.03. The van der Waals surface area contributed by atoms with Gasteiger partial charge < -0.3 is 0 Å². The minimum absolute atomic E-state index is 0. The van der Waals surface area contributed by atoms with E-state index in [1.165, 1.54) is 30.4 Å². The van der Waals surface area contributed by atoms with Gasteiger partial charge >= 0.3 is 0 Å². The van der Waals surface area contributed by atoms with E-state index in [0.29, 0.717) is 0 Å². The fourth-order valence-electron chi connectivity index (χ4n) is 1.16. The summed E-state index contributed by atoms with van der Waals surface area (Å²) in [6, 6.07) is 0. The Hall–Kier alpha value is -0.850. The molecule has 0 saturated carbocycles. The van der Waals surface area contributed by atoms with Gasteiger partial charge in [0.05, 0.1) is 0 Å². The topological polar surface area (TPSA) is 0 Å². The third-order valence-electron chi connectivity index (χ3n) is 2.11. The molecule has 0 amide bonds. The second-order valence-corrected chi connectivity index (χ2v) is 3.07. The Morgan fingerprint density at radius 3 is 2.15 bits per heavy atom. The fraction of sp³-hybridized carbons (Fsp3) is 0.500. The summed E-state index contributed by atoms with van der Waals surface area (Å²) in [6.07, 6.45) is 8.85. The van der Waals surface area contributed by atoms with Crippen LogP contribution in [-0.2, 0) is 0 Å². The highest BCUT2D eigenvalue weighted by molar-refractivity contribution is 5.29. The highest BCUT2D eigenvalue weighted by Gasteiger charge is 1.94. The Morgan fingerprint density at radius 2 is 1.77 bits per heavy atom. The first kappa shape index (κ1) is 14.7. The zero-order chi connectivity index (χ0) is 9.40. The molecule has 0 fully saturated rings. The van der Waals surface area contributed by atoms with Gasteiger partial charge in [0.2, 0.25) is 0 Å². The highest BCUT2D eigenvalue weighted by atomic mass is 19.0. The highest BCUT2D eigenvalue weighted by Crippen LogP contribution is 2.14. The maximum absolute atomic E-state index is 3.80. The van der Waals surface area contributed by atoms with E-state index < -0.39 is 0 Å². The molecule has 0 radical (unpaired) electrons. The van der Waals surface area contributed by atoms with Gasteiger partial charge in [0.1, 0.15) is 0 Å². The van der Waals surface area contributed by atoms with Crippen molar-refractivity contribution in [1.29, 1.82) is 0 Å². The summed E-state index contributed by atoms with van der Waals surface area (Å²) >= 11 is 0. The lowest BCUT2D eigenvalue weighted by molar-refractivity contribution is 0.717. The van der Waals surface area contributed by atoms with Crippen molar-refractivity contribution in [1.82, 2.24) is 0 Å². The van der Waals surface area contributed by atoms with Crippen molar-refractivity contribution in [3.8, 4) is 0 Å². The Bertz CT molecular complexity index is 178. The summed E-state index contributed by atoms with van der Waals surface area (Å²) in [7, 11) is 0. The lowest BCUT2D eigenvalue weighted by Crippen LogP contribution is -1.83. The van der Waals surface area contributed by atoms with Crippen LogP contribution in [0.3, 0.4) is 0 Å². The summed E-state index contributed by atoms with van der Waals surface area (Å²) in [5.41, 5.74) is 2.61. The molecule has 0 saturated heterocycles. The zero-order valence-corrected chi connectivity index (χ0v) is 8.81. The molecular weight excluding hydrogens is 163 g/mol. The monoisotopic (exact) mass is 184 g/mol. The average Bonchev–Trinajstić information content (AvgIpc) is 2.11. The first-order valence-electron chi connectivity index (χ1n) is 4.70. The molecule has 1 heteroatoms. The largest absolute Gasteiger partial charge is 0.269 e. The van der Waals surface area contributed by atoms with Gasteiger partial charge in [-0.2, -0.15) is 0 Å². The molecule has 0 aliphatic heterocycles. The normalized spacial score (nSPS) is 11.2. The van der Waals surface area contributed by atoms with E-state index in [0.717, 1.165) is 6.42 Å². The zero-order valence-electron chi connectivity index (χ0n) is 8.81. The van der Waals surface area contributed by atoms with Crippen LogP contribution < -0.4 is 0 Å². The van der Waals surface area contributed by atoms with Gasteiger partial charge in [-0.25, -0.2) is 0 Å². The lowest BCUT2D eigenvalue weighted by atomic mass is 10.0. The van der Waals surface area contributed by atoms with Crippen LogP contribution in [0.5, 0.6) is 0 Å². The van der Waals surface area contributed by atoms with Crippen molar-refractivity contribution in [3.05, 3.63) is 36.5 Å². The second-order valence-electron chi connectivity index (χ2n) is 3.07. The minimum atomic E-state index is 0. The van der Waals surface area contributed by atoms with Crippen LogP contribution in [0.25, 0.3) is 0 Å². The number of halogens is 1. The van der Waals surface area contributed by atoms with Gasteiger partial charge in [-0.15, -0.1) is 0 Å². The summed E-state index contributed by atoms with van der Waals surface area (Å²) in [5, 5.41) is 0. The van der Waals surface area contributed by atoms with Crippen molar-refractivity contribution < 1.29 is 4.70 Å². The molecule has 0 heterocycles. The van der Waals surface area contributed by atoms with E-state index in [4.69, 9.17) is 0 Å². The maximum Gasteiger partial charge on any atom is -0.0276 e. The third kappa shape index (κ3) is 6.32. The summed E-state index contributed by atoms with van der Waals surface area (Å²) in [6.45, 7) is 11.9. The molecule has 76 valence electrons. The van der Waals surface area contributed by atoms with Crippen molar-refractivity contribution in [3.63, 3.8) is 0 Å². The van der Waals surface area contributed by atoms with Gasteiger partial charge in [-0.3, -0.25) is 4.70 Å². The van der Waals surface area contributed by atoms with Crippen LogP contribution in [0, 0.1) is 0 Å². The molecule has 0 unspecified atom stereocenters. The molecule has 0 aromatic heterocycles. The SMILES string of the molecule is C=C/C(C)=C(\C=C)CCCCC.F. The number of allylic oxidation sites excluding steroid dienone is 4. The predicted octanol–water partition coefficient (Wildman–Crippen LogP) is 4.41. The van der Waals surface area contributed by atoms with Crippen molar-refractivity contribution >= 4 is 0 Å². The Labute approximate surface area is 81.4 Å². The minimum Gasteiger partial charge on any atom is -0.269 e. The van der Waals surface area contributed by atoms with Crippen molar-refractivity contribution in [2.24, 2.45) is 0 Å². The molecule has 0 N–H and O–H groups in total. The number of rotatable bonds is 6. The molecule has 0 nitrogen and oxygen atoms in total. The van der Waals surface area contributed by atoms with E-state index >= 15 is 0 Å². The molecule has 0 aliphatic rings. The van der Waals surface area contributed by atoms with Gasteiger partial charge in [0.15, 0.2) is 0 Å². The summed E-state index contributed by atoms with van der Waals surface area (Å²) in [4.78, 5) is 0. The Morgan fingerprint density at radius 1 is 1.15 bits per heavy atom. The van der Waals surface area contributed by atoms with Crippen molar-refractivity contribution in [2.45, 2.75) is 39.5 Å². The van der Waals surface area contributed by atoms with Crippen LogP contribution in [-0.4, -0.2) is 0 Å². The second kappa shape index (κ2) is 9.24. The predicted molar refractivity (Wildman–Crippen MR) is 59.7 cm³/mol. The fourth-order valence-corrected chi connectivity index (χ4v) is 1.16. The molecule has 0 bridgehead atoms. The molecule has 0 aliphatic carbocycles. The van der Waals surface area contributed by atoms with E-state index in [2.05, 4.69) is 27.0 Å². The molecule has 0 aromatic rings. The smallest absolute Gasteiger partial charge is 0.0276 e. The summed E-state index contributed by atoms with van der Waals surface area (Å²) < 4.78 is 0. The Balaban J connectivity index is 0. The molecule has 0 spiro atoms. The van der Waals surface area contributed by atoms with Crippen LogP contribution in [0.15, 0.2) is 36.5 Å². The van der Waals surface area contributed by atoms with Gasteiger partial charge in [0, 0.05) is 0 Å². The van der Waals surface area contributed by atoms with Gasteiger partial charge in [-0.1, -0.05) is 45.1 Å². The number of unbranched alkanes of at least 4 members (excludes halogenated alkanes) is 2. The molecule has 0 aromatic carbocycles.